The summed E-state index contributed by atoms with van der Waals surface area (Å²) in [6.45, 7) is 3.37. The lowest BCUT2D eigenvalue weighted by molar-refractivity contribution is 0.151. The van der Waals surface area contributed by atoms with E-state index in [1.807, 2.05) is 0 Å². The highest BCUT2D eigenvalue weighted by molar-refractivity contribution is 5.16. The van der Waals surface area contributed by atoms with Gasteiger partial charge < -0.3 is 4.42 Å². The van der Waals surface area contributed by atoms with E-state index in [1.54, 1.807) is 27.8 Å². The Kier molecular flexibility index (Phi) is 4.97. The average Bonchev–Trinajstić information content (AvgIpc) is 3.40. The highest BCUT2D eigenvalue weighted by Gasteiger charge is 2.23. The van der Waals surface area contributed by atoms with Gasteiger partial charge in [-0.1, -0.05) is 0 Å². The van der Waals surface area contributed by atoms with E-state index < -0.39 is 0 Å². The molecule has 0 unspecified atom stereocenters. The largest absolute Gasteiger partial charge is 0.444 e. The van der Waals surface area contributed by atoms with Gasteiger partial charge in [0.15, 0.2) is 5.82 Å². The van der Waals surface area contributed by atoms with Crippen molar-refractivity contribution in [2.45, 2.75) is 51.6 Å². The van der Waals surface area contributed by atoms with Crippen LogP contribution in [0.4, 0.5) is 0 Å². The number of aromatic nitrogens is 6. The molecule has 0 atom stereocenters. The number of aryl methyl sites for hydroxylation is 2. The third-order valence-corrected chi connectivity index (χ3v) is 5.89. The van der Waals surface area contributed by atoms with Gasteiger partial charge in [-0.2, -0.15) is 5.10 Å². The van der Waals surface area contributed by atoms with Crippen LogP contribution >= 0.6 is 0 Å². The summed E-state index contributed by atoms with van der Waals surface area (Å²) < 4.78 is 9.09. The van der Waals surface area contributed by atoms with E-state index in [9.17, 15) is 4.79 Å². The van der Waals surface area contributed by atoms with E-state index in [0.717, 1.165) is 57.0 Å². The first kappa shape index (κ1) is 18.2. The molecule has 0 amide bonds. The molecule has 9 heteroatoms. The van der Waals surface area contributed by atoms with Gasteiger partial charge in [-0.05, 0) is 57.2 Å². The molecule has 5 rings (SSSR count). The van der Waals surface area contributed by atoms with Crippen LogP contribution in [0.2, 0.25) is 0 Å². The normalized spacial score (nSPS) is 18.1. The molecule has 1 saturated heterocycles. The Morgan fingerprint density at radius 1 is 1.14 bits per heavy atom. The highest BCUT2D eigenvalue weighted by Crippen LogP contribution is 2.24. The quantitative estimate of drug-likeness (QED) is 0.647. The Morgan fingerprint density at radius 3 is 2.79 bits per heavy atom. The summed E-state index contributed by atoms with van der Waals surface area (Å²) in [6.07, 6.45) is 9.60. The third kappa shape index (κ3) is 4.00. The van der Waals surface area contributed by atoms with Crippen molar-refractivity contribution in [3.63, 3.8) is 0 Å². The fourth-order valence-electron chi connectivity index (χ4n) is 4.25. The van der Waals surface area contributed by atoms with Crippen molar-refractivity contribution in [3.8, 4) is 5.82 Å². The molecule has 0 radical (unpaired) electrons. The highest BCUT2D eigenvalue weighted by atomic mass is 16.4. The number of hydrogen-bond acceptors (Lipinski definition) is 7. The molecule has 1 aliphatic heterocycles. The van der Waals surface area contributed by atoms with Crippen molar-refractivity contribution in [2.24, 2.45) is 5.92 Å². The van der Waals surface area contributed by atoms with Crippen LogP contribution in [0.5, 0.6) is 0 Å². The van der Waals surface area contributed by atoms with Gasteiger partial charge in [-0.3, -0.25) is 9.69 Å². The van der Waals surface area contributed by atoms with Gasteiger partial charge >= 0.3 is 0 Å². The Bertz CT molecular complexity index is 992. The summed E-state index contributed by atoms with van der Waals surface area (Å²) in [5.41, 5.74) is 1.08. The van der Waals surface area contributed by atoms with Gasteiger partial charge in [0, 0.05) is 19.0 Å². The zero-order valence-corrected chi connectivity index (χ0v) is 16.4. The number of piperidine rings is 1. The maximum absolute atomic E-state index is 12.2. The molecule has 0 saturated carbocycles. The molecule has 3 aromatic rings. The Morgan fingerprint density at radius 2 is 2.00 bits per heavy atom. The van der Waals surface area contributed by atoms with Crippen molar-refractivity contribution in [3.05, 3.63) is 52.5 Å². The molecule has 0 spiro atoms. The Labute approximate surface area is 168 Å². The van der Waals surface area contributed by atoms with Crippen LogP contribution in [0, 0.1) is 5.92 Å². The van der Waals surface area contributed by atoms with Crippen molar-refractivity contribution in [1.29, 1.82) is 0 Å². The maximum atomic E-state index is 12.2. The summed E-state index contributed by atoms with van der Waals surface area (Å²) in [6, 6.07) is 3.22. The van der Waals surface area contributed by atoms with Crippen LogP contribution in [0.1, 0.15) is 43.0 Å². The average molecular weight is 395 g/mol. The smallest absolute Gasteiger partial charge is 0.266 e. The first-order valence-electron chi connectivity index (χ1n) is 10.4. The molecule has 9 nitrogen and oxygen atoms in total. The van der Waals surface area contributed by atoms with Crippen molar-refractivity contribution >= 4 is 0 Å². The van der Waals surface area contributed by atoms with E-state index in [-0.39, 0.29) is 5.56 Å². The monoisotopic (exact) mass is 395 g/mol. The molecule has 2 aliphatic rings. The molecule has 0 aromatic carbocycles. The van der Waals surface area contributed by atoms with E-state index in [2.05, 4.69) is 20.1 Å². The van der Waals surface area contributed by atoms with E-state index in [4.69, 9.17) is 9.40 Å². The van der Waals surface area contributed by atoms with Crippen molar-refractivity contribution in [1.82, 2.24) is 34.4 Å². The summed E-state index contributed by atoms with van der Waals surface area (Å²) in [5, 5.41) is 8.54. The Hall–Kier alpha value is -2.81. The second kappa shape index (κ2) is 7.90. The van der Waals surface area contributed by atoms with Gasteiger partial charge in [0.2, 0.25) is 5.89 Å². The minimum absolute atomic E-state index is 0.0818. The second-order valence-corrected chi connectivity index (χ2v) is 7.96. The summed E-state index contributed by atoms with van der Waals surface area (Å²) in [5.74, 6) is 2.99. The maximum Gasteiger partial charge on any atom is 0.266 e. The van der Waals surface area contributed by atoms with Crippen LogP contribution in [-0.2, 0) is 25.9 Å². The van der Waals surface area contributed by atoms with E-state index in [1.165, 1.54) is 24.9 Å². The number of likely N-dealkylation sites (tertiary alicyclic amines) is 1. The second-order valence-electron chi connectivity index (χ2n) is 7.96. The van der Waals surface area contributed by atoms with E-state index in [0.29, 0.717) is 18.3 Å². The first-order valence-corrected chi connectivity index (χ1v) is 10.4. The number of hydrogen-bond donors (Lipinski definition) is 0. The van der Waals surface area contributed by atoms with Gasteiger partial charge in [0.25, 0.3) is 5.56 Å². The van der Waals surface area contributed by atoms with Crippen molar-refractivity contribution < 1.29 is 4.42 Å². The van der Waals surface area contributed by atoms with Gasteiger partial charge in [0.1, 0.15) is 18.4 Å². The molecule has 1 aliphatic carbocycles. The van der Waals surface area contributed by atoms with E-state index >= 15 is 0 Å². The lowest BCUT2D eigenvalue weighted by atomic mass is 9.97. The van der Waals surface area contributed by atoms with Gasteiger partial charge in [-0.25, -0.2) is 19.3 Å². The fourth-order valence-corrected chi connectivity index (χ4v) is 4.25. The predicted octanol–water partition coefficient (Wildman–Crippen LogP) is 1.60. The van der Waals surface area contributed by atoms with Crippen LogP contribution < -0.4 is 5.56 Å². The van der Waals surface area contributed by atoms with Crippen LogP contribution in [0.25, 0.3) is 5.82 Å². The van der Waals surface area contributed by atoms with Crippen LogP contribution in [-0.4, -0.2) is 47.5 Å². The van der Waals surface area contributed by atoms with Crippen LogP contribution in [0.15, 0.2) is 34.0 Å². The zero-order chi connectivity index (χ0) is 19.6. The standard InChI is InChI=1S/C20H25N7O2/c28-20-6-5-18(27-14-21-13-22-27)24-26(20)11-15-7-9-25(10-8-15)12-19-23-16-3-1-2-4-17(16)29-19/h5-6,13-15H,1-4,7-12H2. The lowest BCUT2D eigenvalue weighted by Crippen LogP contribution is -2.36. The van der Waals surface area contributed by atoms with Gasteiger partial charge in [-0.15, -0.1) is 5.10 Å². The summed E-state index contributed by atoms with van der Waals surface area (Å²) in [7, 11) is 0. The molecule has 0 N–H and O–H groups in total. The topological polar surface area (TPSA) is 94.9 Å². The molecule has 29 heavy (non-hydrogen) atoms. The third-order valence-electron chi connectivity index (χ3n) is 5.89. The Balaban J connectivity index is 1.19. The molecule has 3 aromatic heterocycles. The molecule has 152 valence electrons. The summed E-state index contributed by atoms with van der Waals surface area (Å²) in [4.78, 5) is 23.3. The zero-order valence-electron chi connectivity index (χ0n) is 16.4. The molecule has 4 heterocycles. The predicted molar refractivity (Wildman–Crippen MR) is 105 cm³/mol. The molecule has 1 fully saturated rings. The molecule has 0 bridgehead atoms. The summed E-state index contributed by atoms with van der Waals surface area (Å²) >= 11 is 0. The SMILES string of the molecule is O=c1ccc(-n2cncn2)nn1CC1CCN(Cc2nc3c(o2)CCCC3)CC1. The number of nitrogens with zero attached hydrogens (tertiary/aromatic N) is 7. The minimum atomic E-state index is -0.0818. The lowest BCUT2D eigenvalue weighted by Gasteiger charge is -2.31. The number of fused-ring (bicyclic) bond motifs is 1. The van der Waals surface area contributed by atoms with Crippen LogP contribution in [0.3, 0.4) is 0 Å². The van der Waals surface area contributed by atoms with Crippen molar-refractivity contribution in [2.75, 3.05) is 13.1 Å². The van der Waals surface area contributed by atoms with Gasteiger partial charge in [0.05, 0.1) is 12.2 Å². The number of rotatable bonds is 5. The number of oxazole rings is 1. The molecular formula is C20H25N7O2. The first-order chi connectivity index (χ1) is 14.2. The fraction of sp³-hybridized carbons (Fsp3) is 0.550. The minimum Gasteiger partial charge on any atom is -0.444 e. The molecular weight excluding hydrogens is 370 g/mol.